The number of aryl methyl sites for hydroxylation is 1. The molecule has 1 N–H and O–H groups in total. The lowest BCUT2D eigenvalue weighted by atomic mass is 10.2. The Labute approximate surface area is 182 Å². The molecule has 0 fully saturated rings. The Morgan fingerprint density at radius 2 is 2.00 bits per heavy atom. The standard InChI is InChI=1S/C21H26FN5.HI/c1-4-23-21(26(3)14-17-7-9-18(22)10-8-17)24-12-11-19-15-27-13-5-6-16(2)20(27)25-19;/h5-10,13,15H,4,11-12,14H2,1-3H3,(H,23,24);1H. The van der Waals surface area contributed by atoms with Gasteiger partial charge in [0.15, 0.2) is 5.96 Å². The molecule has 5 nitrogen and oxygen atoms in total. The SMILES string of the molecule is CCNC(=NCCc1cn2cccc(C)c2n1)N(C)Cc1ccc(F)cc1.I. The number of guanidine groups is 1. The number of hydrogen-bond donors (Lipinski definition) is 1. The number of nitrogens with one attached hydrogen (secondary N) is 1. The molecule has 150 valence electrons. The molecule has 0 radical (unpaired) electrons. The number of pyridine rings is 1. The lowest BCUT2D eigenvalue weighted by Crippen LogP contribution is -2.38. The minimum Gasteiger partial charge on any atom is -0.357 e. The quantitative estimate of drug-likeness (QED) is 0.319. The fraction of sp³-hybridized carbons (Fsp3) is 0.333. The third kappa shape index (κ3) is 5.67. The fourth-order valence-corrected chi connectivity index (χ4v) is 3.01. The van der Waals surface area contributed by atoms with Gasteiger partial charge in [-0.3, -0.25) is 4.99 Å². The molecule has 0 bridgehead atoms. The van der Waals surface area contributed by atoms with Crippen LogP contribution in [-0.4, -0.2) is 40.4 Å². The average Bonchev–Trinajstić information content (AvgIpc) is 3.07. The van der Waals surface area contributed by atoms with E-state index in [4.69, 9.17) is 9.98 Å². The molecule has 3 rings (SSSR count). The van der Waals surface area contributed by atoms with E-state index in [1.807, 2.05) is 31.1 Å². The Morgan fingerprint density at radius 1 is 1.25 bits per heavy atom. The van der Waals surface area contributed by atoms with Gasteiger partial charge in [-0.1, -0.05) is 18.2 Å². The van der Waals surface area contributed by atoms with Crippen LogP contribution in [0.1, 0.15) is 23.7 Å². The molecular weight excluding hydrogens is 468 g/mol. The summed E-state index contributed by atoms with van der Waals surface area (Å²) in [5.41, 5.74) is 4.24. The van der Waals surface area contributed by atoms with E-state index in [9.17, 15) is 4.39 Å². The summed E-state index contributed by atoms with van der Waals surface area (Å²) in [6, 6.07) is 10.7. The third-order valence-corrected chi connectivity index (χ3v) is 4.39. The summed E-state index contributed by atoms with van der Waals surface area (Å²) < 4.78 is 15.1. The van der Waals surface area contributed by atoms with Crippen LogP contribution >= 0.6 is 24.0 Å². The molecule has 0 spiro atoms. The molecule has 2 aromatic heterocycles. The van der Waals surface area contributed by atoms with Crippen LogP contribution in [0.4, 0.5) is 4.39 Å². The summed E-state index contributed by atoms with van der Waals surface area (Å²) in [5.74, 6) is 0.617. The van der Waals surface area contributed by atoms with E-state index in [2.05, 4.69) is 28.9 Å². The monoisotopic (exact) mass is 495 g/mol. The van der Waals surface area contributed by atoms with Gasteiger partial charge in [0.05, 0.1) is 5.69 Å². The molecular formula is C21H27FIN5. The first-order valence-corrected chi connectivity index (χ1v) is 9.24. The summed E-state index contributed by atoms with van der Waals surface area (Å²) >= 11 is 0. The molecule has 0 unspecified atom stereocenters. The predicted octanol–water partition coefficient (Wildman–Crippen LogP) is 4.04. The van der Waals surface area contributed by atoms with E-state index >= 15 is 0 Å². The van der Waals surface area contributed by atoms with E-state index in [-0.39, 0.29) is 29.8 Å². The van der Waals surface area contributed by atoms with Crippen molar-refractivity contribution in [1.29, 1.82) is 0 Å². The van der Waals surface area contributed by atoms with Crippen LogP contribution < -0.4 is 5.32 Å². The molecule has 0 saturated heterocycles. The summed E-state index contributed by atoms with van der Waals surface area (Å²) in [6.07, 6.45) is 4.86. The lowest BCUT2D eigenvalue weighted by molar-refractivity contribution is 0.476. The number of aromatic nitrogens is 2. The summed E-state index contributed by atoms with van der Waals surface area (Å²) in [4.78, 5) is 11.5. The van der Waals surface area contributed by atoms with Gasteiger partial charge in [0.1, 0.15) is 11.5 Å². The maximum atomic E-state index is 13.1. The molecule has 7 heteroatoms. The summed E-state index contributed by atoms with van der Waals surface area (Å²) in [6.45, 7) is 6.23. The maximum Gasteiger partial charge on any atom is 0.193 e. The van der Waals surface area contributed by atoms with Crippen LogP contribution in [0.3, 0.4) is 0 Å². The predicted molar refractivity (Wildman–Crippen MR) is 123 cm³/mol. The van der Waals surface area contributed by atoms with Crippen molar-refractivity contribution < 1.29 is 4.39 Å². The zero-order chi connectivity index (χ0) is 19.2. The second kappa shape index (κ2) is 10.4. The highest BCUT2D eigenvalue weighted by molar-refractivity contribution is 14.0. The van der Waals surface area contributed by atoms with Gasteiger partial charge >= 0.3 is 0 Å². The normalized spacial score (nSPS) is 11.4. The van der Waals surface area contributed by atoms with Gasteiger partial charge in [-0.15, -0.1) is 24.0 Å². The summed E-state index contributed by atoms with van der Waals surface area (Å²) in [7, 11) is 1.99. The van der Waals surface area contributed by atoms with Crippen LogP contribution in [0.25, 0.3) is 5.65 Å². The molecule has 2 heterocycles. The Hall–Kier alpha value is -2.16. The fourth-order valence-electron chi connectivity index (χ4n) is 3.01. The Kier molecular flexibility index (Phi) is 8.22. The van der Waals surface area contributed by atoms with Gasteiger partial charge in [0.25, 0.3) is 0 Å². The third-order valence-electron chi connectivity index (χ3n) is 4.39. The number of aliphatic imine (C=N–C) groups is 1. The topological polar surface area (TPSA) is 44.9 Å². The summed E-state index contributed by atoms with van der Waals surface area (Å²) in [5, 5.41) is 3.31. The van der Waals surface area contributed by atoms with Gasteiger partial charge < -0.3 is 14.6 Å². The highest BCUT2D eigenvalue weighted by Crippen LogP contribution is 2.10. The van der Waals surface area contributed by atoms with E-state index in [0.29, 0.717) is 13.1 Å². The number of imidazole rings is 1. The van der Waals surface area contributed by atoms with E-state index in [1.165, 1.54) is 17.7 Å². The molecule has 0 amide bonds. The van der Waals surface area contributed by atoms with Gasteiger partial charge in [0, 0.05) is 45.5 Å². The van der Waals surface area contributed by atoms with Crippen LogP contribution in [-0.2, 0) is 13.0 Å². The van der Waals surface area contributed by atoms with E-state index in [1.54, 1.807) is 12.1 Å². The van der Waals surface area contributed by atoms with Crippen molar-refractivity contribution in [3.8, 4) is 0 Å². The second-order valence-electron chi connectivity index (χ2n) is 6.62. The van der Waals surface area contributed by atoms with Crippen LogP contribution in [0.2, 0.25) is 0 Å². The molecule has 28 heavy (non-hydrogen) atoms. The van der Waals surface area contributed by atoms with E-state index < -0.39 is 0 Å². The Balaban J connectivity index is 0.00000280. The van der Waals surface area contributed by atoms with Crippen LogP contribution in [0.15, 0.2) is 53.8 Å². The average molecular weight is 495 g/mol. The van der Waals surface area contributed by atoms with Gasteiger partial charge in [-0.2, -0.15) is 0 Å². The Bertz CT molecular complexity index is 920. The highest BCUT2D eigenvalue weighted by atomic mass is 127. The van der Waals surface area contributed by atoms with Crippen molar-refractivity contribution in [3.63, 3.8) is 0 Å². The highest BCUT2D eigenvalue weighted by Gasteiger charge is 2.08. The van der Waals surface area contributed by atoms with Gasteiger partial charge in [-0.25, -0.2) is 9.37 Å². The van der Waals surface area contributed by atoms with Crippen molar-refractivity contribution in [2.24, 2.45) is 4.99 Å². The number of benzene rings is 1. The molecule has 0 saturated carbocycles. The molecule has 1 aromatic carbocycles. The van der Waals surface area contributed by atoms with Crippen molar-refractivity contribution in [3.05, 3.63) is 71.4 Å². The van der Waals surface area contributed by atoms with Crippen LogP contribution in [0, 0.1) is 12.7 Å². The van der Waals surface area contributed by atoms with Crippen molar-refractivity contribution >= 4 is 35.6 Å². The lowest BCUT2D eigenvalue weighted by Gasteiger charge is -2.22. The number of hydrogen-bond acceptors (Lipinski definition) is 2. The largest absolute Gasteiger partial charge is 0.357 e. The minimum atomic E-state index is -0.218. The smallest absolute Gasteiger partial charge is 0.193 e. The number of halogens is 2. The van der Waals surface area contributed by atoms with E-state index in [0.717, 1.165) is 35.8 Å². The molecule has 3 aromatic rings. The van der Waals surface area contributed by atoms with Crippen LogP contribution in [0.5, 0.6) is 0 Å². The maximum absolute atomic E-state index is 13.1. The van der Waals surface area contributed by atoms with Crippen molar-refractivity contribution in [2.45, 2.75) is 26.8 Å². The first-order valence-electron chi connectivity index (χ1n) is 9.24. The zero-order valence-electron chi connectivity index (χ0n) is 16.5. The molecule has 0 aliphatic heterocycles. The van der Waals surface area contributed by atoms with Crippen molar-refractivity contribution in [1.82, 2.24) is 19.6 Å². The molecule has 0 aliphatic rings. The van der Waals surface area contributed by atoms with Gasteiger partial charge in [0.2, 0.25) is 0 Å². The zero-order valence-corrected chi connectivity index (χ0v) is 18.9. The number of fused-ring (bicyclic) bond motifs is 1. The van der Waals surface area contributed by atoms with Crippen molar-refractivity contribution in [2.75, 3.05) is 20.1 Å². The number of rotatable bonds is 6. The number of nitrogens with zero attached hydrogens (tertiary/aromatic N) is 4. The minimum absolute atomic E-state index is 0. The first kappa shape index (κ1) is 22.1. The van der Waals surface area contributed by atoms with Gasteiger partial charge in [-0.05, 0) is 43.2 Å². The molecule has 0 atom stereocenters. The Morgan fingerprint density at radius 3 is 2.68 bits per heavy atom. The second-order valence-corrected chi connectivity index (χ2v) is 6.62. The first-order chi connectivity index (χ1) is 13.1. The molecule has 0 aliphatic carbocycles.